The zero-order valence-electron chi connectivity index (χ0n) is 13.4. The van der Waals surface area contributed by atoms with E-state index in [9.17, 15) is 9.59 Å². The van der Waals surface area contributed by atoms with Crippen LogP contribution in [-0.4, -0.2) is 13.1 Å². The minimum absolute atomic E-state index is 0.241. The van der Waals surface area contributed by atoms with Crippen molar-refractivity contribution in [2.75, 3.05) is 7.11 Å². The summed E-state index contributed by atoms with van der Waals surface area (Å²) < 4.78 is 10.2. The van der Waals surface area contributed by atoms with Crippen LogP contribution in [0.1, 0.15) is 16.1 Å². The monoisotopic (exact) mass is 320 g/mol. The molecule has 0 saturated heterocycles. The summed E-state index contributed by atoms with van der Waals surface area (Å²) in [5, 5.41) is 0. The minimum atomic E-state index is -0.535. The van der Waals surface area contributed by atoms with Gasteiger partial charge in [-0.15, -0.1) is 0 Å². The summed E-state index contributed by atoms with van der Waals surface area (Å²) in [6, 6.07) is 18.5. The highest BCUT2D eigenvalue weighted by atomic mass is 16.5. The van der Waals surface area contributed by atoms with Gasteiger partial charge < -0.3 is 9.15 Å². The second-order valence-corrected chi connectivity index (χ2v) is 5.29. The maximum absolute atomic E-state index is 12.6. The second kappa shape index (κ2) is 6.54. The maximum Gasteiger partial charge on any atom is 0.344 e. The molecule has 0 unspecified atom stereocenters. The van der Waals surface area contributed by atoms with Gasteiger partial charge in [0.2, 0.25) is 0 Å². The molecular weight excluding hydrogens is 304 g/mol. The molecule has 0 fully saturated rings. The van der Waals surface area contributed by atoms with Crippen LogP contribution in [0.5, 0.6) is 0 Å². The Balaban J connectivity index is 2.45. The lowest BCUT2D eigenvalue weighted by atomic mass is 9.91. The Kier molecular flexibility index (Phi) is 4.29. The first kappa shape index (κ1) is 15.7. The molecule has 2 aromatic carbocycles. The molecule has 3 aromatic rings. The SMILES string of the molecule is COC(=O)c1c(C)oc(=O)c(-c2ccccc2)c1-c1ccccc1. The van der Waals surface area contributed by atoms with Crippen LogP contribution in [0, 0.1) is 6.92 Å². The Morgan fingerprint density at radius 1 is 0.875 bits per heavy atom. The topological polar surface area (TPSA) is 56.5 Å². The molecule has 0 radical (unpaired) electrons. The highest BCUT2D eigenvalue weighted by Gasteiger charge is 2.25. The molecule has 0 aliphatic rings. The molecule has 0 atom stereocenters. The van der Waals surface area contributed by atoms with E-state index in [1.54, 1.807) is 6.92 Å². The lowest BCUT2D eigenvalue weighted by Crippen LogP contribution is -2.14. The molecule has 0 aliphatic heterocycles. The lowest BCUT2D eigenvalue weighted by Gasteiger charge is -2.14. The van der Waals surface area contributed by atoms with Crippen molar-refractivity contribution >= 4 is 5.97 Å². The van der Waals surface area contributed by atoms with Gasteiger partial charge >= 0.3 is 11.6 Å². The number of hydrogen-bond acceptors (Lipinski definition) is 4. The van der Waals surface area contributed by atoms with E-state index >= 15 is 0 Å². The second-order valence-electron chi connectivity index (χ2n) is 5.29. The van der Waals surface area contributed by atoms with Crippen molar-refractivity contribution in [3.05, 3.63) is 82.4 Å². The van der Waals surface area contributed by atoms with E-state index in [2.05, 4.69) is 0 Å². The molecule has 3 rings (SSSR count). The summed E-state index contributed by atoms with van der Waals surface area (Å²) in [5.74, 6) is -0.294. The summed E-state index contributed by atoms with van der Waals surface area (Å²) >= 11 is 0. The number of hydrogen-bond donors (Lipinski definition) is 0. The van der Waals surface area contributed by atoms with Crippen LogP contribution in [0.3, 0.4) is 0 Å². The Morgan fingerprint density at radius 3 is 1.88 bits per heavy atom. The van der Waals surface area contributed by atoms with Crippen molar-refractivity contribution in [2.24, 2.45) is 0 Å². The van der Waals surface area contributed by atoms with Crippen LogP contribution in [-0.2, 0) is 4.74 Å². The Labute approximate surface area is 139 Å². The zero-order valence-corrected chi connectivity index (χ0v) is 13.4. The van der Waals surface area contributed by atoms with Crippen LogP contribution in [0.15, 0.2) is 69.9 Å². The van der Waals surface area contributed by atoms with Gasteiger partial charge in [-0.2, -0.15) is 0 Å². The van der Waals surface area contributed by atoms with Gasteiger partial charge in [0.15, 0.2) is 0 Å². The highest BCUT2D eigenvalue weighted by molar-refractivity contribution is 6.02. The van der Waals surface area contributed by atoms with Crippen LogP contribution < -0.4 is 5.63 Å². The quantitative estimate of drug-likeness (QED) is 0.683. The van der Waals surface area contributed by atoms with E-state index < -0.39 is 11.6 Å². The van der Waals surface area contributed by atoms with E-state index in [4.69, 9.17) is 9.15 Å². The Hall–Kier alpha value is -3.14. The smallest absolute Gasteiger partial charge is 0.344 e. The van der Waals surface area contributed by atoms with Gasteiger partial charge in [-0.25, -0.2) is 9.59 Å². The minimum Gasteiger partial charge on any atom is -0.465 e. The maximum atomic E-state index is 12.6. The summed E-state index contributed by atoms with van der Waals surface area (Å²) in [6.07, 6.45) is 0. The summed E-state index contributed by atoms with van der Waals surface area (Å²) in [5.41, 5.74) is 2.12. The molecule has 0 saturated carbocycles. The van der Waals surface area contributed by atoms with Gasteiger partial charge in [-0.3, -0.25) is 0 Å². The van der Waals surface area contributed by atoms with Crippen LogP contribution in [0.2, 0.25) is 0 Å². The number of ether oxygens (including phenoxy) is 1. The first-order chi connectivity index (χ1) is 11.6. The first-order valence-electron chi connectivity index (χ1n) is 7.50. The normalized spacial score (nSPS) is 10.4. The zero-order chi connectivity index (χ0) is 17.1. The van der Waals surface area contributed by atoms with Crippen LogP contribution in [0.25, 0.3) is 22.3 Å². The fourth-order valence-electron chi connectivity index (χ4n) is 2.75. The van der Waals surface area contributed by atoms with Crippen molar-refractivity contribution in [3.63, 3.8) is 0 Å². The summed E-state index contributed by atoms with van der Waals surface area (Å²) in [4.78, 5) is 24.9. The Morgan fingerprint density at radius 2 is 1.38 bits per heavy atom. The van der Waals surface area contributed by atoms with E-state index in [-0.39, 0.29) is 11.3 Å². The Bertz CT molecular complexity index is 925. The van der Waals surface area contributed by atoms with Crippen LogP contribution in [0.4, 0.5) is 0 Å². The summed E-state index contributed by atoms with van der Waals surface area (Å²) in [7, 11) is 1.31. The van der Waals surface area contributed by atoms with E-state index in [0.29, 0.717) is 16.7 Å². The van der Waals surface area contributed by atoms with E-state index in [0.717, 1.165) is 5.56 Å². The molecule has 1 aromatic heterocycles. The average molecular weight is 320 g/mol. The predicted molar refractivity (Wildman–Crippen MR) is 91.9 cm³/mol. The molecule has 0 aliphatic carbocycles. The molecule has 0 N–H and O–H groups in total. The number of aryl methyl sites for hydroxylation is 1. The summed E-state index contributed by atoms with van der Waals surface area (Å²) in [6.45, 7) is 1.59. The van der Waals surface area contributed by atoms with E-state index in [1.807, 2.05) is 60.7 Å². The average Bonchev–Trinajstić information content (AvgIpc) is 2.62. The van der Waals surface area contributed by atoms with Gasteiger partial charge in [0.05, 0.1) is 12.7 Å². The van der Waals surface area contributed by atoms with Gasteiger partial charge in [0.1, 0.15) is 11.3 Å². The number of carbonyl (C=O) groups is 1. The molecule has 1 heterocycles. The number of methoxy groups -OCH3 is 1. The molecule has 0 spiro atoms. The largest absolute Gasteiger partial charge is 0.465 e. The van der Waals surface area contributed by atoms with Crippen LogP contribution >= 0.6 is 0 Å². The molecule has 4 heteroatoms. The van der Waals surface area contributed by atoms with E-state index in [1.165, 1.54) is 7.11 Å². The molecule has 0 bridgehead atoms. The predicted octanol–water partition coefficient (Wildman–Crippen LogP) is 4.07. The number of rotatable bonds is 3. The molecule has 120 valence electrons. The molecule has 0 amide bonds. The van der Waals surface area contributed by atoms with Gasteiger partial charge in [-0.05, 0) is 18.1 Å². The highest BCUT2D eigenvalue weighted by Crippen LogP contribution is 2.34. The standard InChI is InChI=1S/C20H16O4/c1-13-16(19(21)23-2)17(14-9-5-3-6-10-14)18(20(22)24-13)15-11-7-4-8-12-15/h3-12H,1-2H3. The lowest BCUT2D eigenvalue weighted by molar-refractivity contribution is 0.0597. The number of esters is 1. The van der Waals surface area contributed by atoms with Crippen molar-refractivity contribution < 1.29 is 13.9 Å². The third-order valence-electron chi connectivity index (χ3n) is 3.82. The molecule has 4 nitrogen and oxygen atoms in total. The fourth-order valence-corrected chi connectivity index (χ4v) is 2.75. The first-order valence-corrected chi connectivity index (χ1v) is 7.50. The van der Waals surface area contributed by atoms with Gasteiger partial charge in [0.25, 0.3) is 0 Å². The number of carbonyl (C=O) groups excluding carboxylic acids is 1. The third kappa shape index (κ3) is 2.74. The van der Waals surface area contributed by atoms with Gasteiger partial charge in [0, 0.05) is 5.56 Å². The molecular formula is C20H16O4. The van der Waals surface area contributed by atoms with Crippen molar-refractivity contribution in [1.82, 2.24) is 0 Å². The van der Waals surface area contributed by atoms with Crippen molar-refractivity contribution in [2.45, 2.75) is 6.92 Å². The fraction of sp³-hybridized carbons (Fsp3) is 0.100. The van der Waals surface area contributed by atoms with Crippen molar-refractivity contribution in [1.29, 1.82) is 0 Å². The van der Waals surface area contributed by atoms with Gasteiger partial charge in [-0.1, -0.05) is 60.7 Å². The molecule has 24 heavy (non-hydrogen) atoms. The van der Waals surface area contributed by atoms with Crippen molar-refractivity contribution in [3.8, 4) is 22.3 Å². The number of benzene rings is 2. The third-order valence-corrected chi connectivity index (χ3v) is 3.82.